The van der Waals surface area contributed by atoms with Crippen LogP contribution in [0.5, 0.6) is 5.75 Å². The summed E-state index contributed by atoms with van der Waals surface area (Å²) >= 11 is 3.66. The fraction of sp³-hybridized carbons (Fsp3) is 0.273. The van der Waals surface area contributed by atoms with Crippen LogP contribution in [0.3, 0.4) is 0 Å². The molecule has 0 radical (unpaired) electrons. The van der Waals surface area contributed by atoms with E-state index in [9.17, 15) is 26.4 Å². The molecule has 0 unspecified atom stereocenters. The van der Waals surface area contributed by atoms with E-state index in [1.807, 2.05) is 60.7 Å². The average Bonchev–Trinajstić information content (AvgIpc) is 3.86. The summed E-state index contributed by atoms with van der Waals surface area (Å²) in [7, 11) is -6.47. The van der Waals surface area contributed by atoms with E-state index in [-0.39, 0.29) is 21.6 Å². The predicted molar refractivity (Wildman–Crippen MR) is 289 cm³/mol. The van der Waals surface area contributed by atoms with Gasteiger partial charge in [-0.2, -0.15) is 0 Å². The Morgan fingerprint density at radius 2 is 1.24 bits per heavy atom. The van der Waals surface area contributed by atoms with Crippen LogP contribution in [-0.2, 0) is 32.9 Å². The van der Waals surface area contributed by atoms with E-state index in [1.165, 1.54) is 18.2 Å². The summed E-state index contributed by atoms with van der Waals surface area (Å²) in [5, 5.41) is 0.867. The zero-order valence-electron chi connectivity index (χ0n) is 40.5. The van der Waals surface area contributed by atoms with Gasteiger partial charge in [0, 0.05) is 96.4 Å². The van der Waals surface area contributed by atoms with Gasteiger partial charge in [0.05, 0.1) is 28.3 Å². The topological polar surface area (TPSA) is 164 Å². The van der Waals surface area contributed by atoms with E-state index in [1.54, 1.807) is 78.6 Å². The molecule has 3 heterocycles. The Hall–Kier alpha value is -6.82. The second kappa shape index (κ2) is 21.5. The van der Waals surface area contributed by atoms with E-state index < -0.39 is 20.0 Å². The van der Waals surface area contributed by atoms with E-state index in [0.29, 0.717) is 98.2 Å². The van der Waals surface area contributed by atoms with E-state index in [0.717, 1.165) is 57.1 Å². The maximum atomic E-state index is 14.7. The molecule has 2 saturated heterocycles. The molecule has 2 aliphatic heterocycles. The molecule has 0 saturated carbocycles. The number of benzene rings is 6. The fourth-order valence-electron chi connectivity index (χ4n) is 9.40. The molecule has 9 rings (SSSR count). The quantitative estimate of drug-likeness (QED) is 0.0855. The van der Waals surface area contributed by atoms with Gasteiger partial charge in [-0.1, -0.05) is 55.8 Å². The summed E-state index contributed by atoms with van der Waals surface area (Å²) in [6, 6.07) is 37.8. The summed E-state index contributed by atoms with van der Waals surface area (Å²) in [5.41, 5.74) is 7.60. The van der Waals surface area contributed by atoms with Crippen molar-refractivity contribution < 1.29 is 31.2 Å². The van der Waals surface area contributed by atoms with Crippen LogP contribution in [0.25, 0.3) is 10.9 Å². The molecule has 7 aromatic rings. The number of anilines is 4. The molecule has 1 aromatic heterocycles. The number of aryl methyl sites for hydroxylation is 2. The number of carbonyl (C=O) groups is 2. The Balaban J connectivity index is 0.925. The van der Waals surface area contributed by atoms with Crippen molar-refractivity contribution in [3.05, 3.63) is 171 Å². The monoisotopic (exact) mass is 1070 g/mol. The highest BCUT2D eigenvalue weighted by molar-refractivity contribution is 9.10. The van der Waals surface area contributed by atoms with Crippen LogP contribution in [-0.4, -0.2) is 103 Å². The lowest BCUT2D eigenvalue weighted by molar-refractivity contribution is 0.0738. The van der Waals surface area contributed by atoms with Gasteiger partial charge in [-0.15, -0.1) is 0 Å². The lowest BCUT2D eigenvalue weighted by Gasteiger charge is -2.37. The molecule has 2 aliphatic rings. The van der Waals surface area contributed by atoms with Crippen molar-refractivity contribution >= 4 is 81.4 Å². The molecule has 2 amide bonds. The molecule has 17 heteroatoms. The molecule has 3 N–H and O–H groups in total. The first kappa shape index (κ1) is 50.1. The van der Waals surface area contributed by atoms with Crippen molar-refractivity contribution in [1.82, 2.24) is 14.8 Å². The third-order valence-electron chi connectivity index (χ3n) is 13.5. The highest BCUT2D eigenvalue weighted by Crippen LogP contribution is 2.34. The van der Waals surface area contributed by atoms with Crippen molar-refractivity contribution in [1.29, 1.82) is 0 Å². The Morgan fingerprint density at radius 3 is 1.90 bits per heavy atom. The highest BCUT2D eigenvalue weighted by Gasteiger charge is 2.29. The van der Waals surface area contributed by atoms with Crippen molar-refractivity contribution in [2.24, 2.45) is 0 Å². The van der Waals surface area contributed by atoms with Crippen molar-refractivity contribution in [2.75, 3.05) is 78.7 Å². The maximum absolute atomic E-state index is 14.7. The molecule has 0 spiro atoms. The highest BCUT2D eigenvalue weighted by atomic mass is 79.9. The lowest BCUT2D eigenvalue weighted by atomic mass is 9.97. The number of piperazine rings is 2. The van der Waals surface area contributed by atoms with Crippen LogP contribution in [0.4, 0.5) is 22.7 Å². The van der Waals surface area contributed by atoms with Crippen LogP contribution in [0, 0.1) is 6.92 Å². The number of amides is 2. The summed E-state index contributed by atoms with van der Waals surface area (Å²) in [4.78, 5) is 39.8. The molecule has 0 bridgehead atoms. The molecule has 6 aromatic carbocycles. The first-order chi connectivity index (χ1) is 34.7. The van der Waals surface area contributed by atoms with Crippen LogP contribution < -0.4 is 24.0 Å². The van der Waals surface area contributed by atoms with Crippen molar-refractivity contribution in [3.63, 3.8) is 0 Å². The number of aromatic amines is 1. The molecular formula is C55H58BrN7O7S2. The average molecular weight is 1070 g/mol. The van der Waals surface area contributed by atoms with E-state index in [2.05, 4.69) is 47.1 Å². The number of unbranched alkanes of at least 4 members (excludes halogenated alkanes) is 1. The van der Waals surface area contributed by atoms with Crippen LogP contribution in [0.15, 0.2) is 148 Å². The first-order valence-corrected chi connectivity index (χ1v) is 27.9. The number of sulfonamides is 2. The number of carbonyl (C=O) groups excluding carboxylic acids is 2. The molecule has 2 fully saturated rings. The van der Waals surface area contributed by atoms with Gasteiger partial charge in [-0.25, -0.2) is 16.8 Å². The summed E-state index contributed by atoms with van der Waals surface area (Å²) in [6.45, 7) is 7.74. The van der Waals surface area contributed by atoms with Crippen molar-refractivity contribution in [3.8, 4) is 5.75 Å². The Bertz CT molecular complexity index is 3350. The molecular weight excluding hydrogens is 1010 g/mol. The third-order valence-corrected chi connectivity index (χ3v) is 16.9. The minimum atomic E-state index is -4.07. The maximum Gasteiger partial charge on any atom is 0.261 e. The molecule has 374 valence electrons. The molecule has 0 atom stereocenters. The van der Waals surface area contributed by atoms with Gasteiger partial charge in [-0.05, 0) is 149 Å². The smallest absolute Gasteiger partial charge is 0.261 e. The number of fused-ring (bicyclic) bond motifs is 1. The molecule has 72 heavy (non-hydrogen) atoms. The number of nitrogens with zero attached hydrogens (tertiary/aromatic N) is 4. The number of halogens is 1. The second-order valence-electron chi connectivity index (χ2n) is 18.3. The van der Waals surface area contributed by atoms with Gasteiger partial charge < -0.3 is 29.3 Å². The van der Waals surface area contributed by atoms with Gasteiger partial charge in [0.2, 0.25) is 0 Å². The minimum Gasteiger partial charge on any atom is -0.495 e. The standard InChI is InChI=1S/C55H58BrN7O7S2/c1-4-5-8-39-12-16-43(17-13-39)58-71(66,67)46-20-15-41(48(37-46)55(65)63-29-25-60(26-30-63)51-10-7-6-9-49(51)56)33-40-14-22-53(70-3)52(34-40)61-27-31-62(32-28-61)54(64)47-36-45(19-11-38(47)2)72(68,69)59-44-18-21-50-42(35-44)23-24-57-50/h6-7,9-24,34-37,57-59H,4-5,8,25-33H2,1-3H3. The number of ether oxygens (including phenoxy) is 1. The molecule has 14 nitrogen and oxygen atoms in total. The first-order valence-electron chi connectivity index (χ1n) is 24.1. The third kappa shape index (κ3) is 11.1. The predicted octanol–water partition coefficient (Wildman–Crippen LogP) is 9.71. The summed E-state index contributed by atoms with van der Waals surface area (Å²) in [6.07, 6.45) is 5.15. The van der Waals surface area contributed by atoms with E-state index >= 15 is 0 Å². The zero-order valence-corrected chi connectivity index (χ0v) is 43.7. The van der Waals surface area contributed by atoms with Crippen LogP contribution in [0.2, 0.25) is 0 Å². The number of aromatic nitrogens is 1. The van der Waals surface area contributed by atoms with Gasteiger partial charge in [-0.3, -0.25) is 19.0 Å². The minimum absolute atomic E-state index is 0.00837. The number of nitrogens with one attached hydrogen (secondary N) is 3. The van der Waals surface area contributed by atoms with Gasteiger partial charge in [0.25, 0.3) is 31.9 Å². The SMILES string of the molecule is CCCCc1ccc(NS(=O)(=O)c2ccc(Cc3ccc(OC)c(N4CCN(C(=O)c5cc(S(=O)(=O)Nc6ccc7[nH]ccc7c6)ccc5C)CC4)c3)c(C(=O)N3CCN(c4ccccc4Br)CC3)c2)cc1. The van der Waals surface area contributed by atoms with Gasteiger partial charge >= 0.3 is 0 Å². The number of hydrogen-bond donors (Lipinski definition) is 3. The lowest BCUT2D eigenvalue weighted by Crippen LogP contribution is -2.49. The van der Waals surface area contributed by atoms with Crippen LogP contribution >= 0.6 is 15.9 Å². The Labute approximate surface area is 430 Å². The Morgan fingerprint density at radius 1 is 0.639 bits per heavy atom. The number of para-hydroxylation sites is 1. The number of H-pyrrole nitrogens is 1. The second-order valence-corrected chi connectivity index (χ2v) is 22.5. The molecule has 0 aliphatic carbocycles. The fourth-order valence-corrected chi connectivity index (χ4v) is 12.1. The van der Waals surface area contributed by atoms with E-state index in [4.69, 9.17) is 4.74 Å². The number of rotatable bonds is 16. The largest absolute Gasteiger partial charge is 0.495 e. The van der Waals surface area contributed by atoms with Gasteiger partial charge in [0.1, 0.15) is 5.75 Å². The number of hydrogen-bond acceptors (Lipinski definition) is 9. The van der Waals surface area contributed by atoms with Crippen LogP contribution in [0.1, 0.15) is 62.7 Å². The summed E-state index contributed by atoms with van der Waals surface area (Å²) in [5.74, 6) is 0.138. The summed E-state index contributed by atoms with van der Waals surface area (Å²) < 4.78 is 67.3. The number of methoxy groups -OCH3 is 1. The van der Waals surface area contributed by atoms with Crippen molar-refractivity contribution in [2.45, 2.75) is 49.3 Å². The normalized spacial score (nSPS) is 14.4. The van der Waals surface area contributed by atoms with Gasteiger partial charge in [0.15, 0.2) is 0 Å². The zero-order chi connectivity index (χ0) is 50.6. The Kier molecular flexibility index (Phi) is 15.0.